The lowest BCUT2D eigenvalue weighted by Gasteiger charge is -2.18. The first kappa shape index (κ1) is 13.8. The summed E-state index contributed by atoms with van der Waals surface area (Å²) in [4.78, 5) is 30.9. The van der Waals surface area contributed by atoms with E-state index in [1.165, 1.54) is 0 Å². The third kappa shape index (κ3) is 3.23. The molecule has 1 aliphatic heterocycles. The maximum atomic E-state index is 12.3. The molecule has 5 heteroatoms. The number of aryl methyl sites for hydroxylation is 2. The SMILES string of the molecule is Cc1cc(C(=O)CN2CCCN(C)C(=O)C2)c(C)[nH]1. The largest absolute Gasteiger partial charge is 0.362 e. The van der Waals surface area contributed by atoms with Gasteiger partial charge in [0, 0.05) is 37.1 Å². The normalized spacial score (nSPS) is 17.6. The van der Waals surface area contributed by atoms with Crippen molar-refractivity contribution in [2.75, 3.05) is 33.2 Å². The van der Waals surface area contributed by atoms with E-state index in [0.29, 0.717) is 13.1 Å². The first-order chi connectivity index (χ1) is 8.97. The van der Waals surface area contributed by atoms with Crippen LogP contribution in [0, 0.1) is 13.8 Å². The van der Waals surface area contributed by atoms with E-state index in [-0.39, 0.29) is 11.7 Å². The molecule has 0 unspecified atom stereocenters. The summed E-state index contributed by atoms with van der Waals surface area (Å²) in [6.07, 6.45) is 0.917. The van der Waals surface area contributed by atoms with E-state index in [0.717, 1.165) is 36.5 Å². The fraction of sp³-hybridized carbons (Fsp3) is 0.571. The van der Waals surface area contributed by atoms with E-state index in [9.17, 15) is 9.59 Å². The minimum atomic E-state index is 0.0826. The van der Waals surface area contributed by atoms with Gasteiger partial charge in [0.15, 0.2) is 5.78 Å². The summed E-state index contributed by atoms with van der Waals surface area (Å²) in [5.41, 5.74) is 2.64. The van der Waals surface area contributed by atoms with Crippen molar-refractivity contribution in [3.63, 3.8) is 0 Å². The number of aromatic amines is 1. The number of amides is 1. The van der Waals surface area contributed by atoms with Gasteiger partial charge < -0.3 is 9.88 Å². The Labute approximate surface area is 113 Å². The summed E-state index contributed by atoms with van der Waals surface area (Å²) in [6, 6.07) is 1.88. The van der Waals surface area contributed by atoms with Crippen LogP contribution in [-0.2, 0) is 4.79 Å². The molecule has 19 heavy (non-hydrogen) atoms. The molecule has 1 N–H and O–H groups in total. The van der Waals surface area contributed by atoms with Crippen molar-refractivity contribution in [1.82, 2.24) is 14.8 Å². The van der Waals surface area contributed by atoms with Crippen LogP contribution in [0.2, 0.25) is 0 Å². The molecule has 2 heterocycles. The minimum Gasteiger partial charge on any atom is -0.362 e. The van der Waals surface area contributed by atoms with Crippen molar-refractivity contribution in [2.24, 2.45) is 0 Å². The van der Waals surface area contributed by atoms with Crippen LogP contribution >= 0.6 is 0 Å². The average molecular weight is 263 g/mol. The number of Topliss-reactive ketones (excluding diaryl/α,β-unsaturated/α-hetero) is 1. The monoisotopic (exact) mass is 263 g/mol. The topological polar surface area (TPSA) is 56.4 Å². The van der Waals surface area contributed by atoms with Crippen LogP contribution in [-0.4, -0.2) is 59.7 Å². The lowest BCUT2D eigenvalue weighted by atomic mass is 10.1. The van der Waals surface area contributed by atoms with Crippen LogP contribution in [0.4, 0.5) is 0 Å². The lowest BCUT2D eigenvalue weighted by Crippen LogP contribution is -2.37. The molecule has 0 aromatic carbocycles. The van der Waals surface area contributed by atoms with E-state index in [1.807, 2.05) is 31.9 Å². The number of carbonyl (C=O) groups is 2. The molecular weight excluding hydrogens is 242 g/mol. The summed E-state index contributed by atoms with van der Waals surface area (Å²) in [5, 5.41) is 0. The predicted molar refractivity (Wildman–Crippen MR) is 73.3 cm³/mol. The van der Waals surface area contributed by atoms with Gasteiger partial charge in [0.05, 0.1) is 13.1 Å². The highest BCUT2D eigenvalue weighted by Crippen LogP contribution is 2.12. The van der Waals surface area contributed by atoms with Gasteiger partial charge in [-0.25, -0.2) is 0 Å². The average Bonchev–Trinajstić information content (AvgIpc) is 2.59. The maximum absolute atomic E-state index is 12.3. The first-order valence-electron chi connectivity index (χ1n) is 6.63. The summed E-state index contributed by atoms with van der Waals surface area (Å²) >= 11 is 0. The number of H-pyrrole nitrogens is 1. The zero-order chi connectivity index (χ0) is 14.0. The molecule has 0 saturated carbocycles. The number of nitrogens with zero attached hydrogens (tertiary/aromatic N) is 2. The Morgan fingerprint density at radius 2 is 2.11 bits per heavy atom. The Bertz CT molecular complexity index is 493. The number of nitrogens with one attached hydrogen (secondary N) is 1. The minimum absolute atomic E-state index is 0.0826. The van der Waals surface area contributed by atoms with Crippen molar-refractivity contribution < 1.29 is 9.59 Å². The molecule has 0 atom stereocenters. The second-order valence-corrected chi connectivity index (χ2v) is 5.29. The predicted octanol–water partition coefficient (Wildman–Crippen LogP) is 0.978. The summed E-state index contributed by atoms with van der Waals surface area (Å²) in [5.74, 6) is 0.173. The number of aromatic nitrogens is 1. The van der Waals surface area contributed by atoms with Gasteiger partial charge >= 0.3 is 0 Å². The van der Waals surface area contributed by atoms with Gasteiger partial charge in [-0.05, 0) is 26.3 Å². The Balaban J connectivity index is 2.02. The molecule has 5 nitrogen and oxygen atoms in total. The maximum Gasteiger partial charge on any atom is 0.236 e. The Morgan fingerprint density at radius 3 is 2.74 bits per heavy atom. The Kier molecular flexibility index (Phi) is 4.04. The highest BCUT2D eigenvalue weighted by molar-refractivity contribution is 5.99. The van der Waals surface area contributed by atoms with Gasteiger partial charge in [-0.1, -0.05) is 0 Å². The van der Waals surface area contributed by atoms with Crippen molar-refractivity contribution in [1.29, 1.82) is 0 Å². The van der Waals surface area contributed by atoms with Crippen LogP contribution in [0.25, 0.3) is 0 Å². The molecule has 1 amide bonds. The summed E-state index contributed by atoms with van der Waals surface area (Å²) < 4.78 is 0. The van der Waals surface area contributed by atoms with Crippen LogP contribution in [0.5, 0.6) is 0 Å². The molecule has 0 spiro atoms. The van der Waals surface area contributed by atoms with Crippen molar-refractivity contribution in [3.05, 3.63) is 23.0 Å². The third-order valence-electron chi connectivity index (χ3n) is 3.57. The molecule has 0 bridgehead atoms. The fourth-order valence-corrected chi connectivity index (χ4v) is 2.48. The van der Waals surface area contributed by atoms with Gasteiger partial charge in [0.25, 0.3) is 0 Å². The quantitative estimate of drug-likeness (QED) is 0.827. The molecule has 1 saturated heterocycles. The molecule has 104 valence electrons. The second-order valence-electron chi connectivity index (χ2n) is 5.29. The van der Waals surface area contributed by atoms with Crippen molar-refractivity contribution in [2.45, 2.75) is 20.3 Å². The Hall–Kier alpha value is -1.62. The first-order valence-corrected chi connectivity index (χ1v) is 6.63. The smallest absolute Gasteiger partial charge is 0.236 e. The van der Waals surface area contributed by atoms with Gasteiger partial charge in [0.2, 0.25) is 5.91 Å². The zero-order valence-corrected chi connectivity index (χ0v) is 11.8. The third-order valence-corrected chi connectivity index (χ3v) is 3.57. The number of rotatable bonds is 3. The summed E-state index contributed by atoms with van der Waals surface area (Å²) in [7, 11) is 1.81. The molecule has 0 radical (unpaired) electrons. The van der Waals surface area contributed by atoms with Crippen LogP contribution in [0.3, 0.4) is 0 Å². The van der Waals surface area contributed by atoms with Crippen LogP contribution in [0.15, 0.2) is 6.07 Å². The fourth-order valence-electron chi connectivity index (χ4n) is 2.48. The molecule has 1 fully saturated rings. The van der Waals surface area contributed by atoms with Crippen LogP contribution < -0.4 is 0 Å². The molecule has 2 rings (SSSR count). The van der Waals surface area contributed by atoms with E-state index in [4.69, 9.17) is 0 Å². The molecular formula is C14H21N3O2. The highest BCUT2D eigenvalue weighted by Gasteiger charge is 2.22. The van der Waals surface area contributed by atoms with Crippen LogP contribution in [0.1, 0.15) is 28.2 Å². The molecule has 1 aromatic rings. The number of hydrogen-bond acceptors (Lipinski definition) is 3. The van der Waals surface area contributed by atoms with E-state index < -0.39 is 0 Å². The number of likely N-dealkylation sites (N-methyl/N-ethyl adjacent to an activating group) is 1. The van der Waals surface area contributed by atoms with E-state index >= 15 is 0 Å². The lowest BCUT2D eigenvalue weighted by molar-refractivity contribution is -0.129. The van der Waals surface area contributed by atoms with Gasteiger partial charge in [0.1, 0.15) is 0 Å². The van der Waals surface area contributed by atoms with Crippen molar-refractivity contribution >= 4 is 11.7 Å². The Morgan fingerprint density at radius 1 is 1.37 bits per heavy atom. The standard InChI is InChI=1S/C14H21N3O2/c1-10-7-12(11(2)15-10)13(18)8-17-6-4-5-16(3)14(19)9-17/h7,15H,4-6,8-9H2,1-3H3. The number of carbonyl (C=O) groups excluding carboxylic acids is 2. The molecule has 0 aliphatic carbocycles. The molecule has 1 aliphatic rings. The van der Waals surface area contributed by atoms with E-state index in [2.05, 4.69) is 4.98 Å². The van der Waals surface area contributed by atoms with E-state index in [1.54, 1.807) is 4.90 Å². The van der Waals surface area contributed by atoms with Gasteiger partial charge in [-0.2, -0.15) is 0 Å². The number of ketones is 1. The van der Waals surface area contributed by atoms with Gasteiger partial charge in [-0.3, -0.25) is 14.5 Å². The zero-order valence-electron chi connectivity index (χ0n) is 11.8. The van der Waals surface area contributed by atoms with Crippen molar-refractivity contribution in [3.8, 4) is 0 Å². The van der Waals surface area contributed by atoms with Gasteiger partial charge in [-0.15, -0.1) is 0 Å². The molecule has 1 aromatic heterocycles. The second kappa shape index (κ2) is 5.57. The number of hydrogen-bond donors (Lipinski definition) is 1. The highest BCUT2D eigenvalue weighted by atomic mass is 16.2. The summed E-state index contributed by atoms with van der Waals surface area (Å²) in [6.45, 7) is 6.06.